The van der Waals surface area contributed by atoms with Crippen LogP contribution in [-0.4, -0.2) is 4.57 Å². The molecule has 2 heterocycles. The van der Waals surface area contributed by atoms with Crippen molar-refractivity contribution in [1.82, 2.24) is 4.57 Å². The standard InChI is InChI=1S/C56H38N2O/c1-2-13-42-36-53-50(35-41(42)12-1)48-16-5-7-19-51(48)58(53)45-31-25-38(26-32-45)37-23-29-43(30-24-37)57(52-20-10-22-55-56(52)49-17-6-8-21-54(49)59-55)44-33-27-40(28-34-44)47-18-9-14-39-11-3-4-15-46(39)47/h1-25,27-31,33-36H,26,32H2. The van der Waals surface area contributed by atoms with Gasteiger partial charge in [-0.05, 0) is 123 Å². The highest BCUT2D eigenvalue weighted by Crippen LogP contribution is 2.44. The lowest BCUT2D eigenvalue weighted by Crippen LogP contribution is -2.10. The highest BCUT2D eigenvalue weighted by molar-refractivity contribution is 6.15. The lowest BCUT2D eigenvalue weighted by Gasteiger charge is -2.27. The first-order valence-corrected chi connectivity index (χ1v) is 20.5. The van der Waals surface area contributed by atoms with E-state index in [-0.39, 0.29) is 0 Å². The van der Waals surface area contributed by atoms with Crippen LogP contribution >= 0.6 is 0 Å². The summed E-state index contributed by atoms with van der Waals surface area (Å²) in [5.74, 6) is 0. The molecule has 0 aliphatic heterocycles. The fourth-order valence-corrected chi connectivity index (χ4v) is 9.48. The molecule has 3 heteroatoms. The van der Waals surface area contributed by atoms with Crippen LogP contribution in [0.25, 0.3) is 87.7 Å². The molecule has 9 aromatic carbocycles. The van der Waals surface area contributed by atoms with Crippen molar-refractivity contribution in [3.05, 3.63) is 212 Å². The lowest BCUT2D eigenvalue weighted by molar-refractivity contribution is 0.669. The van der Waals surface area contributed by atoms with Gasteiger partial charge in [-0.1, -0.05) is 140 Å². The second kappa shape index (κ2) is 13.5. The maximum Gasteiger partial charge on any atom is 0.137 e. The van der Waals surface area contributed by atoms with E-state index in [9.17, 15) is 0 Å². The molecule has 278 valence electrons. The summed E-state index contributed by atoms with van der Waals surface area (Å²) in [6.07, 6.45) is 6.59. The second-order valence-electron chi connectivity index (χ2n) is 15.6. The number of benzene rings is 9. The van der Waals surface area contributed by atoms with Crippen molar-refractivity contribution in [3.63, 3.8) is 0 Å². The van der Waals surface area contributed by atoms with Gasteiger partial charge in [0.25, 0.3) is 0 Å². The maximum atomic E-state index is 6.39. The molecule has 0 saturated heterocycles. The molecule has 0 atom stereocenters. The number of nitrogens with zero attached hydrogens (tertiary/aromatic N) is 2. The molecule has 11 aromatic rings. The summed E-state index contributed by atoms with van der Waals surface area (Å²) in [7, 11) is 0. The molecule has 2 aromatic heterocycles. The van der Waals surface area contributed by atoms with Crippen molar-refractivity contribution in [2.24, 2.45) is 0 Å². The summed E-state index contributed by atoms with van der Waals surface area (Å²) < 4.78 is 8.87. The first-order chi connectivity index (χ1) is 29.2. The molecule has 0 bridgehead atoms. The number of aromatic nitrogens is 1. The number of furan rings is 1. The topological polar surface area (TPSA) is 21.3 Å². The molecule has 0 saturated carbocycles. The van der Waals surface area contributed by atoms with Gasteiger partial charge in [-0.25, -0.2) is 0 Å². The third-order valence-corrected chi connectivity index (χ3v) is 12.3. The fourth-order valence-electron chi connectivity index (χ4n) is 9.48. The summed E-state index contributed by atoms with van der Waals surface area (Å²) in [4.78, 5) is 2.38. The second-order valence-corrected chi connectivity index (χ2v) is 15.6. The zero-order valence-electron chi connectivity index (χ0n) is 32.3. The van der Waals surface area contributed by atoms with Gasteiger partial charge in [-0.3, -0.25) is 0 Å². The van der Waals surface area contributed by atoms with Gasteiger partial charge in [-0.15, -0.1) is 0 Å². The van der Waals surface area contributed by atoms with Gasteiger partial charge in [0.2, 0.25) is 0 Å². The quantitative estimate of drug-likeness (QED) is 0.169. The molecule has 12 rings (SSSR count). The molecule has 0 amide bonds. The van der Waals surface area contributed by atoms with Crippen LogP contribution in [0.15, 0.2) is 211 Å². The number of para-hydroxylation sites is 2. The van der Waals surface area contributed by atoms with Crippen LogP contribution in [0.5, 0.6) is 0 Å². The van der Waals surface area contributed by atoms with Gasteiger partial charge in [0.05, 0.1) is 22.1 Å². The Morgan fingerprint density at radius 2 is 1.05 bits per heavy atom. The largest absolute Gasteiger partial charge is 0.456 e. The van der Waals surface area contributed by atoms with Crippen molar-refractivity contribution >= 4 is 93.6 Å². The molecular weight excluding hydrogens is 717 g/mol. The van der Waals surface area contributed by atoms with Crippen LogP contribution in [-0.2, 0) is 0 Å². The third-order valence-electron chi connectivity index (χ3n) is 12.3. The summed E-state index contributed by atoms with van der Waals surface area (Å²) in [5.41, 5.74) is 13.9. The molecule has 0 fully saturated rings. The molecule has 3 nitrogen and oxygen atoms in total. The number of anilines is 3. The van der Waals surface area contributed by atoms with E-state index in [0.29, 0.717) is 0 Å². The van der Waals surface area contributed by atoms with E-state index in [4.69, 9.17) is 4.42 Å². The average Bonchev–Trinajstić information content (AvgIpc) is 3.84. The maximum absolute atomic E-state index is 6.39. The van der Waals surface area contributed by atoms with E-state index in [2.05, 4.69) is 210 Å². The number of fused-ring (bicyclic) bond motifs is 8. The van der Waals surface area contributed by atoms with Gasteiger partial charge in [0, 0.05) is 33.2 Å². The lowest BCUT2D eigenvalue weighted by atomic mass is 9.95. The molecular formula is C56H38N2O. The van der Waals surface area contributed by atoms with E-state index in [0.717, 1.165) is 51.8 Å². The van der Waals surface area contributed by atoms with E-state index < -0.39 is 0 Å². The molecule has 0 radical (unpaired) electrons. The van der Waals surface area contributed by atoms with Gasteiger partial charge in [0.15, 0.2) is 0 Å². The van der Waals surface area contributed by atoms with E-state index in [1.807, 2.05) is 6.07 Å². The van der Waals surface area contributed by atoms with Gasteiger partial charge in [0.1, 0.15) is 11.2 Å². The zero-order valence-corrected chi connectivity index (χ0v) is 32.3. The summed E-state index contributed by atoms with van der Waals surface area (Å²) in [5, 5.41) is 9.86. The minimum Gasteiger partial charge on any atom is -0.456 e. The molecule has 0 unspecified atom stereocenters. The predicted octanol–water partition coefficient (Wildman–Crippen LogP) is 15.9. The Hall–Kier alpha value is -7.62. The van der Waals surface area contributed by atoms with Crippen molar-refractivity contribution < 1.29 is 4.42 Å². The summed E-state index contributed by atoms with van der Waals surface area (Å²) in [6, 6.07) is 70.2. The van der Waals surface area contributed by atoms with Crippen molar-refractivity contribution in [2.45, 2.75) is 12.8 Å². The van der Waals surface area contributed by atoms with Crippen LogP contribution in [0.4, 0.5) is 17.1 Å². The normalized spacial score (nSPS) is 13.2. The van der Waals surface area contributed by atoms with Crippen LogP contribution in [0.2, 0.25) is 0 Å². The number of rotatable bonds is 6. The van der Waals surface area contributed by atoms with Crippen LogP contribution in [0, 0.1) is 0 Å². The SMILES string of the molecule is C1=C(c2ccc(N(c3ccc(-c4cccc5ccccc45)cc3)c3cccc4oc5ccccc5c34)cc2)CCC(n2c3ccccc3c3cc4ccccc4cc32)=C1. The van der Waals surface area contributed by atoms with E-state index in [1.165, 1.54) is 71.3 Å². The molecule has 0 N–H and O–H groups in total. The Morgan fingerprint density at radius 1 is 0.424 bits per heavy atom. The number of allylic oxidation sites excluding steroid dienone is 4. The molecule has 1 aliphatic carbocycles. The van der Waals surface area contributed by atoms with Crippen LogP contribution in [0.3, 0.4) is 0 Å². The minimum atomic E-state index is 0.879. The van der Waals surface area contributed by atoms with Crippen molar-refractivity contribution in [3.8, 4) is 11.1 Å². The zero-order chi connectivity index (χ0) is 38.9. The van der Waals surface area contributed by atoms with Gasteiger partial charge >= 0.3 is 0 Å². The summed E-state index contributed by atoms with van der Waals surface area (Å²) >= 11 is 0. The van der Waals surface area contributed by atoms with E-state index >= 15 is 0 Å². The highest BCUT2D eigenvalue weighted by Gasteiger charge is 2.21. The van der Waals surface area contributed by atoms with Crippen molar-refractivity contribution in [2.75, 3.05) is 4.90 Å². The number of hydrogen-bond donors (Lipinski definition) is 0. The predicted molar refractivity (Wildman–Crippen MR) is 250 cm³/mol. The Balaban J connectivity index is 0.940. The van der Waals surface area contributed by atoms with Gasteiger partial charge in [-0.2, -0.15) is 0 Å². The van der Waals surface area contributed by atoms with Crippen LogP contribution < -0.4 is 4.90 Å². The smallest absolute Gasteiger partial charge is 0.137 e. The Kier molecular flexibility index (Phi) is 7.67. The summed E-state index contributed by atoms with van der Waals surface area (Å²) in [6.45, 7) is 0. The fraction of sp³-hybridized carbons (Fsp3) is 0.0357. The van der Waals surface area contributed by atoms with Crippen molar-refractivity contribution in [1.29, 1.82) is 0 Å². The Labute approximate surface area is 342 Å². The monoisotopic (exact) mass is 754 g/mol. The minimum absolute atomic E-state index is 0.879. The average molecular weight is 755 g/mol. The Bertz CT molecular complexity index is 3480. The Morgan fingerprint density at radius 3 is 1.83 bits per heavy atom. The van der Waals surface area contributed by atoms with Gasteiger partial charge < -0.3 is 13.9 Å². The molecule has 1 aliphatic rings. The van der Waals surface area contributed by atoms with Crippen LogP contribution in [0.1, 0.15) is 18.4 Å². The first kappa shape index (κ1) is 33.5. The highest BCUT2D eigenvalue weighted by atomic mass is 16.3. The number of hydrogen-bond acceptors (Lipinski definition) is 2. The third kappa shape index (κ3) is 5.50. The van der Waals surface area contributed by atoms with E-state index in [1.54, 1.807) is 0 Å². The molecule has 59 heavy (non-hydrogen) atoms. The first-order valence-electron chi connectivity index (χ1n) is 20.5. The molecule has 0 spiro atoms.